The standard InChI is InChI=1S/C14H13N3O3/c1-20-12-4-5-13(18)11(7-12)9-16-17-14(19)10-3-2-6-15-8-10/h2-9,18H,1H3,(H,17,19)/b16-9+. The summed E-state index contributed by atoms with van der Waals surface area (Å²) in [5.74, 6) is 0.254. The predicted octanol–water partition coefficient (Wildman–Crippen LogP) is 1.56. The normalized spacial score (nSPS) is 10.4. The number of phenolic OH excluding ortho intramolecular Hbond substituents is 1. The van der Waals surface area contributed by atoms with Crippen molar-refractivity contribution in [2.45, 2.75) is 0 Å². The molecule has 0 bridgehead atoms. The van der Waals surface area contributed by atoms with Crippen molar-refractivity contribution in [3.8, 4) is 11.5 Å². The number of phenols is 1. The lowest BCUT2D eigenvalue weighted by molar-refractivity contribution is 0.0954. The quantitative estimate of drug-likeness (QED) is 0.653. The first-order valence-corrected chi connectivity index (χ1v) is 5.81. The van der Waals surface area contributed by atoms with E-state index < -0.39 is 0 Å². The molecule has 2 aromatic rings. The molecule has 102 valence electrons. The van der Waals surface area contributed by atoms with Gasteiger partial charge >= 0.3 is 0 Å². The van der Waals surface area contributed by atoms with Gasteiger partial charge < -0.3 is 9.84 Å². The number of ether oxygens (including phenoxy) is 1. The number of carbonyl (C=O) groups is 1. The summed E-state index contributed by atoms with van der Waals surface area (Å²) < 4.78 is 5.04. The SMILES string of the molecule is COc1ccc(O)c(/C=N/NC(=O)c2cccnc2)c1. The summed E-state index contributed by atoms with van der Waals surface area (Å²) in [5, 5.41) is 13.4. The highest BCUT2D eigenvalue weighted by Gasteiger charge is 2.04. The zero-order valence-electron chi connectivity index (χ0n) is 10.8. The van der Waals surface area contributed by atoms with Crippen LogP contribution in [0.15, 0.2) is 47.8 Å². The van der Waals surface area contributed by atoms with Gasteiger partial charge in [-0.05, 0) is 30.3 Å². The Morgan fingerprint density at radius 1 is 1.45 bits per heavy atom. The Kier molecular flexibility index (Phi) is 4.28. The van der Waals surface area contributed by atoms with E-state index in [4.69, 9.17) is 4.74 Å². The average Bonchev–Trinajstić information content (AvgIpc) is 2.50. The Morgan fingerprint density at radius 3 is 3.00 bits per heavy atom. The molecule has 2 N–H and O–H groups in total. The topological polar surface area (TPSA) is 83.8 Å². The van der Waals surface area contributed by atoms with Gasteiger partial charge in [0.25, 0.3) is 5.91 Å². The molecule has 0 aliphatic rings. The highest BCUT2D eigenvalue weighted by molar-refractivity contribution is 5.94. The number of rotatable bonds is 4. The summed E-state index contributed by atoms with van der Waals surface area (Å²) in [6, 6.07) is 8.01. The summed E-state index contributed by atoms with van der Waals surface area (Å²) in [5.41, 5.74) is 3.19. The second-order valence-electron chi connectivity index (χ2n) is 3.87. The maximum atomic E-state index is 11.7. The molecule has 6 heteroatoms. The Hall–Kier alpha value is -2.89. The molecule has 0 saturated heterocycles. The maximum absolute atomic E-state index is 11.7. The second-order valence-corrected chi connectivity index (χ2v) is 3.87. The molecule has 0 radical (unpaired) electrons. The van der Waals surface area contributed by atoms with Crippen molar-refractivity contribution in [1.82, 2.24) is 10.4 Å². The molecule has 0 spiro atoms. The maximum Gasteiger partial charge on any atom is 0.272 e. The van der Waals surface area contributed by atoms with Crippen molar-refractivity contribution < 1.29 is 14.6 Å². The molecule has 1 amide bonds. The van der Waals surface area contributed by atoms with E-state index in [9.17, 15) is 9.90 Å². The van der Waals surface area contributed by atoms with Gasteiger partial charge in [0.2, 0.25) is 0 Å². The van der Waals surface area contributed by atoms with E-state index in [2.05, 4.69) is 15.5 Å². The van der Waals surface area contributed by atoms with Crippen molar-refractivity contribution in [2.75, 3.05) is 7.11 Å². The molecule has 0 aliphatic carbocycles. The van der Waals surface area contributed by atoms with E-state index in [1.54, 1.807) is 30.5 Å². The zero-order chi connectivity index (χ0) is 14.4. The number of methoxy groups -OCH3 is 1. The zero-order valence-corrected chi connectivity index (χ0v) is 10.8. The van der Waals surface area contributed by atoms with Crippen LogP contribution in [-0.2, 0) is 0 Å². The van der Waals surface area contributed by atoms with Crippen molar-refractivity contribution in [3.05, 3.63) is 53.9 Å². The molecule has 6 nitrogen and oxygen atoms in total. The van der Waals surface area contributed by atoms with Crippen LogP contribution in [0.4, 0.5) is 0 Å². The number of amides is 1. The number of benzene rings is 1. The van der Waals surface area contributed by atoms with Gasteiger partial charge in [0.05, 0.1) is 18.9 Å². The van der Waals surface area contributed by atoms with E-state index in [0.29, 0.717) is 16.9 Å². The number of aromatic hydroxyl groups is 1. The van der Waals surface area contributed by atoms with Crippen LogP contribution in [0.25, 0.3) is 0 Å². The molecule has 1 heterocycles. The van der Waals surface area contributed by atoms with Gasteiger partial charge in [-0.3, -0.25) is 9.78 Å². The first-order chi connectivity index (χ1) is 9.70. The van der Waals surface area contributed by atoms with Crippen LogP contribution in [0.5, 0.6) is 11.5 Å². The lowest BCUT2D eigenvalue weighted by Gasteiger charge is -2.03. The van der Waals surface area contributed by atoms with Gasteiger partial charge in [-0.1, -0.05) is 0 Å². The third-order valence-electron chi connectivity index (χ3n) is 2.53. The van der Waals surface area contributed by atoms with E-state index in [0.717, 1.165) is 0 Å². The van der Waals surface area contributed by atoms with Crippen molar-refractivity contribution in [3.63, 3.8) is 0 Å². The van der Waals surface area contributed by atoms with E-state index >= 15 is 0 Å². The molecule has 0 atom stereocenters. The number of nitrogens with one attached hydrogen (secondary N) is 1. The number of hydrazone groups is 1. The minimum absolute atomic E-state index is 0.0465. The van der Waals surface area contributed by atoms with Crippen LogP contribution in [0.3, 0.4) is 0 Å². The van der Waals surface area contributed by atoms with Crippen LogP contribution in [0, 0.1) is 0 Å². The molecular formula is C14H13N3O3. The van der Waals surface area contributed by atoms with Gasteiger partial charge in [0, 0.05) is 18.0 Å². The third kappa shape index (κ3) is 3.32. The average molecular weight is 271 g/mol. The Balaban J connectivity index is 2.05. The van der Waals surface area contributed by atoms with Crippen LogP contribution < -0.4 is 10.2 Å². The number of carbonyl (C=O) groups excluding carboxylic acids is 1. The highest BCUT2D eigenvalue weighted by atomic mass is 16.5. The van der Waals surface area contributed by atoms with Crippen LogP contribution >= 0.6 is 0 Å². The fraction of sp³-hybridized carbons (Fsp3) is 0.0714. The molecule has 20 heavy (non-hydrogen) atoms. The molecule has 0 aliphatic heterocycles. The number of pyridine rings is 1. The molecule has 1 aromatic carbocycles. The minimum Gasteiger partial charge on any atom is -0.507 e. The first kappa shape index (κ1) is 13.5. The summed E-state index contributed by atoms with van der Waals surface area (Å²) >= 11 is 0. The Labute approximate surface area is 115 Å². The van der Waals surface area contributed by atoms with Crippen molar-refractivity contribution in [1.29, 1.82) is 0 Å². The van der Waals surface area contributed by atoms with Crippen LogP contribution in [0.2, 0.25) is 0 Å². The minimum atomic E-state index is -0.378. The predicted molar refractivity (Wildman–Crippen MR) is 74.0 cm³/mol. The molecule has 0 unspecified atom stereocenters. The number of hydrogen-bond acceptors (Lipinski definition) is 5. The van der Waals surface area contributed by atoms with Gasteiger partial charge in [0.15, 0.2) is 0 Å². The lowest BCUT2D eigenvalue weighted by Crippen LogP contribution is -2.17. The number of aromatic nitrogens is 1. The van der Waals surface area contributed by atoms with Crippen LogP contribution in [0.1, 0.15) is 15.9 Å². The monoisotopic (exact) mass is 271 g/mol. The Bertz CT molecular complexity index is 627. The van der Waals surface area contributed by atoms with Gasteiger partial charge in [-0.2, -0.15) is 5.10 Å². The van der Waals surface area contributed by atoms with Crippen molar-refractivity contribution in [2.24, 2.45) is 5.10 Å². The first-order valence-electron chi connectivity index (χ1n) is 5.81. The Morgan fingerprint density at radius 2 is 2.30 bits per heavy atom. The van der Waals surface area contributed by atoms with Gasteiger partial charge in [-0.15, -0.1) is 0 Å². The summed E-state index contributed by atoms with van der Waals surface area (Å²) in [7, 11) is 1.53. The van der Waals surface area contributed by atoms with Crippen molar-refractivity contribution >= 4 is 12.1 Å². The smallest absolute Gasteiger partial charge is 0.272 e. The third-order valence-corrected chi connectivity index (χ3v) is 2.53. The van der Waals surface area contributed by atoms with E-state index in [1.807, 2.05) is 0 Å². The van der Waals surface area contributed by atoms with E-state index in [-0.39, 0.29) is 11.7 Å². The molecule has 0 fully saturated rings. The molecule has 1 aromatic heterocycles. The molecule has 0 saturated carbocycles. The molecule has 2 rings (SSSR count). The second kappa shape index (κ2) is 6.33. The summed E-state index contributed by atoms with van der Waals surface area (Å²) in [6.45, 7) is 0. The van der Waals surface area contributed by atoms with E-state index in [1.165, 1.54) is 25.6 Å². The largest absolute Gasteiger partial charge is 0.507 e. The molecular weight excluding hydrogens is 258 g/mol. The van der Waals surface area contributed by atoms with Crippen LogP contribution in [-0.4, -0.2) is 29.3 Å². The highest BCUT2D eigenvalue weighted by Crippen LogP contribution is 2.20. The fourth-order valence-electron chi connectivity index (χ4n) is 1.49. The number of nitrogens with zero attached hydrogens (tertiary/aromatic N) is 2. The fourth-order valence-corrected chi connectivity index (χ4v) is 1.49. The van der Waals surface area contributed by atoms with Gasteiger partial charge in [0.1, 0.15) is 11.5 Å². The number of hydrogen-bond donors (Lipinski definition) is 2. The summed E-state index contributed by atoms with van der Waals surface area (Å²) in [6.07, 6.45) is 4.36. The summed E-state index contributed by atoms with van der Waals surface area (Å²) in [4.78, 5) is 15.5. The lowest BCUT2D eigenvalue weighted by atomic mass is 10.2. The van der Waals surface area contributed by atoms with Gasteiger partial charge in [-0.25, -0.2) is 5.43 Å².